The summed E-state index contributed by atoms with van der Waals surface area (Å²) in [5.74, 6) is 0. The number of nitrogens with one attached hydrogen (secondary N) is 1. The Morgan fingerprint density at radius 1 is 1.22 bits per heavy atom. The Hall–Kier alpha value is -3.10. The number of hydrogen-bond donors (Lipinski definition) is 1. The van der Waals surface area contributed by atoms with Gasteiger partial charge in [0.2, 0.25) is 0 Å². The summed E-state index contributed by atoms with van der Waals surface area (Å²) in [7, 11) is 1.38. The van der Waals surface area contributed by atoms with E-state index in [1.165, 1.54) is 43.4 Å². The Kier molecular flexibility index (Phi) is 6.04. The minimum Gasteiger partial charge on any atom is -0.331 e. The quantitative estimate of drug-likeness (QED) is 0.611. The van der Waals surface area contributed by atoms with Crippen LogP contribution in [0.15, 0.2) is 48.5 Å². The molecule has 2 rings (SSSR count). The van der Waals surface area contributed by atoms with Crippen molar-refractivity contribution in [2.45, 2.75) is 25.7 Å². The maximum atomic E-state index is 13.1. The van der Waals surface area contributed by atoms with Crippen LogP contribution in [0, 0.1) is 10.1 Å². The van der Waals surface area contributed by atoms with Gasteiger partial charge in [-0.1, -0.05) is 30.3 Å². The fourth-order valence-electron chi connectivity index (χ4n) is 2.55. The summed E-state index contributed by atoms with van der Waals surface area (Å²) < 4.78 is 39.2. The lowest BCUT2D eigenvalue weighted by Gasteiger charge is -2.23. The SMILES string of the molecule is CC(NC(=O)N(C)Cc1ccccc1C(F)(F)F)c1cccc([N+](=O)[O-])c1. The summed E-state index contributed by atoms with van der Waals surface area (Å²) in [6.45, 7) is 1.40. The first kappa shape index (κ1) is 20.2. The van der Waals surface area contributed by atoms with Crippen LogP contribution >= 0.6 is 0 Å². The minimum absolute atomic E-state index is 0.0225. The molecule has 2 aromatic rings. The maximum Gasteiger partial charge on any atom is 0.416 e. The van der Waals surface area contributed by atoms with Crippen LogP contribution < -0.4 is 5.32 Å². The number of hydrogen-bond acceptors (Lipinski definition) is 3. The Balaban J connectivity index is 2.08. The number of urea groups is 1. The number of nitro benzene ring substituents is 1. The van der Waals surface area contributed by atoms with E-state index in [4.69, 9.17) is 0 Å². The second-order valence-corrected chi connectivity index (χ2v) is 6.03. The van der Waals surface area contributed by atoms with E-state index in [2.05, 4.69) is 5.32 Å². The van der Waals surface area contributed by atoms with E-state index in [1.54, 1.807) is 13.0 Å². The lowest BCUT2D eigenvalue weighted by molar-refractivity contribution is -0.384. The molecule has 0 bridgehead atoms. The highest BCUT2D eigenvalue weighted by atomic mass is 19.4. The number of non-ortho nitro benzene ring substituents is 1. The molecule has 0 aliphatic heterocycles. The summed E-state index contributed by atoms with van der Waals surface area (Å²) in [5.41, 5.74) is -0.412. The zero-order chi connectivity index (χ0) is 20.2. The smallest absolute Gasteiger partial charge is 0.331 e. The molecule has 0 aliphatic carbocycles. The van der Waals surface area contributed by atoms with Gasteiger partial charge in [-0.15, -0.1) is 0 Å². The molecule has 1 unspecified atom stereocenters. The van der Waals surface area contributed by atoms with E-state index < -0.39 is 28.7 Å². The molecule has 2 amide bonds. The average molecular weight is 381 g/mol. The van der Waals surface area contributed by atoms with Crippen LogP contribution in [0.4, 0.5) is 23.7 Å². The molecule has 0 aliphatic rings. The zero-order valence-electron chi connectivity index (χ0n) is 14.7. The molecule has 0 aromatic heterocycles. The van der Waals surface area contributed by atoms with E-state index in [9.17, 15) is 28.1 Å². The molecule has 0 fully saturated rings. The normalized spacial score (nSPS) is 12.3. The fourth-order valence-corrected chi connectivity index (χ4v) is 2.55. The van der Waals surface area contributed by atoms with Crippen molar-refractivity contribution in [3.05, 3.63) is 75.3 Å². The molecular weight excluding hydrogens is 363 g/mol. The Morgan fingerprint density at radius 3 is 2.52 bits per heavy atom. The van der Waals surface area contributed by atoms with Gasteiger partial charge in [0.1, 0.15) is 0 Å². The summed E-state index contributed by atoms with van der Waals surface area (Å²) in [4.78, 5) is 23.7. The summed E-state index contributed by atoms with van der Waals surface area (Å²) in [5, 5.41) is 13.5. The van der Waals surface area contributed by atoms with Crippen LogP contribution in [0.25, 0.3) is 0 Å². The highest BCUT2D eigenvalue weighted by molar-refractivity contribution is 5.74. The van der Waals surface area contributed by atoms with Gasteiger partial charge in [-0.05, 0) is 24.1 Å². The number of carbonyl (C=O) groups is 1. The third-order valence-electron chi connectivity index (χ3n) is 4.00. The number of benzene rings is 2. The third kappa shape index (κ3) is 5.19. The zero-order valence-corrected chi connectivity index (χ0v) is 14.7. The number of carbonyl (C=O) groups excluding carboxylic acids is 1. The van der Waals surface area contributed by atoms with E-state index in [0.29, 0.717) is 5.56 Å². The highest BCUT2D eigenvalue weighted by Crippen LogP contribution is 2.32. The summed E-state index contributed by atoms with van der Waals surface area (Å²) in [6, 6.07) is 9.68. The highest BCUT2D eigenvalue weighted by Gasteiger charge is 2.33. The molecule has 0 saturated heterocycles. The molecule has 9 heteroatoms. The second kappa shape index (κ2) is 8.07. The van der Waals surface area contributed by atoms with Crippen LogP contribution in [0.5, 0.6) is 0 Å². The van der Waals surface area contributed by atoms with Crippen molar-refractivity contribution in [2.24, 2.45) is 0 Å². The summed E-state index contributed by atoms with van der Waals surface area (Å²) in [6.07, 6.45) is -4.51. The van der Waals surface area contributed by atoms with Gasteiger partial charge in [0.05, 0.1) is 16.5 Å². The lowest BCUT2D eigenvalue weighted by Crippen LogP contribution is -2.38. The molecule has 0 heterocycles. The van der Waals surface area contributed by atoms with Gasteiger partial charge < -0.3 is 10.2 Å². The van der Waals surface area contributed by atoms with E-state index >= 15 is 0 Å². The van der Waals surface area contributed by atoms with Crippen molar-refractivity contribution in [3.8, 4) is 0 Å². The van der Waals surface area contributed by atoms with E-state index in [1.807, 2.05) is 0 Å². The van der Waals surface area contributed by atoms with Crippen LogP contribution in [0.1, 0.15) is 29.7 Å². The average Bonchev–Trinajstić information content (AvgIpc) is 2.61. The van der Waals surface area contributed by atoms with Crippen LogP contribution in [-0.2, 0) is 12.7 Å². The Labute approximate surface area is 153 Å². The Bertz CT molecular complexity index is 840. The molecule has 0 spiro atoms. The molecule has 1 N–H and O–H groups in total. The molecule has 1 atom stereocenters. The van der Waals surface area contributed by atoms with Crippen LogP contribution in [-0.4, -0.2) is 22.9 Å². The van der Waals surface area contributed by atoms with Gasteiger partial charge in [0.15, 0.2) is 0 Å². The molecule has 2 aromatic carbocycles. The van der Waals surface area contributed by atoms with Gasteiger partial charge >= 0.3 is 12.2 Å². The number of halogens is 3. The first-order valence-electron chi connectivity index (χ1n) is 8.00. The molecule has 27 heavy (non-hydrogen) atoms. The summed E-state index contributed by atoms with van der Waals surface area (Å²) >= 11 is 0. The molecular formula is C18H18F3N3O3. The molecule has 0 radical (unpaired) electrons. The Morgan fingerprint density at radius 2 is 1.89 bits per heavy atom. The molecule has 144 valence electrons. The second-order valence-electron chi connectivity index (χ2n) is 6.03. The predicted octanol–water partition coefficient (Wildman–Crippen LogP) is 4.52. The third-order valence-corrected chi connectivity index (χ3v) is 4.00. The number of rotatable bonds is 5. The van der Waals surface area contributed by atoms with Gasteiger partial charge in [-0.2, -0.15) is 13.2 Å². The number of nitro groups is 1. The largest absolute Gasteiger partial charge is 0.416 e. The van der Waals surface area contributed by atoms with E-state index in [0.717, 1.165) is 11.0 Å². The first-order valence-corrected chi connectivity index (χ1v) is 8.00. The van der Waals surface area contributed by atoms with E-state index in [-0.39, 0.29) is 17.8 Å². The maximum absolute atomic E-state index is 13.1. The standard InChI is InChI=1S/C18H18F3N3O3/c1-12(13-7-5-8-15(10-13)24(26)27)22-17(25)23(2)11-14-6-3-4-9-16(14)18(19,20)21/h3-10,12H,11H2,1-2H3,(H,22,25). The fraction of sp³-hybridized carbons (Fsp3) is 0.278. The number of nitrogens with zero attached hydrogens (tertiary/aromatic N) is 2. The van der Waals surface area contributed by atoms with Crippen molar-refractivity contribution in [2.75, 3.05) is 7.05 Å². The first-order chi connectivity index (χ1) is 12.6. The van der Waals surface area contributed by atoms with Crippen LogP contribution in [0.2, 0.25) is 0 Å². The van der Waals surface area contributed by atoms with Crippen molar-refractivity contribution in [3.63, 3.8) is 0 Å². The monoisotopic (exact) mass is 381 g/mol. The van der Waals surface area contributed by atoms with Gasteiger partial charge in [-0.3, -0.25) is 10.1 Å². The minimum atomic E-state index is -4.51. The van der Waals surface area contributed by atoms with Crippen molar-refractivity contribution in [1.29, 1.82) is 0 Å². The van der Waals surface area contributed by atoms with Crippen LogP contribution in [0.3, 0.4) is 0 Å². The molecule has 6 nitrogen and oxygen atoms in total. The predicted molar refractivity (Wildman–Crippen MR) is 93.0 cm³/mol. The van der Waals surface area contributed by atoms with Gasteiger partial charge in [0.25, 0.3) is 5.69 Å². The van der Waals surface area contributed by atoms with Gasteiger partial charge in [0, 0.05) is 25.7 Å². The number of amides is 2. The van der Waals surface area contributed by atoms with Crippen molar-refractivity contribution >= 4 is 11.7 Å². The van der Waals surface area contributed by atoms with Gasteiger partial charge in [-0.25, -0.2) is 4.79 Å². The molecule has 0 saturated carbocycles. The number of alkyl halides is 3. The van der Waals surface area contributed by atoms with Crippen molar-refractivity contribution in [1.82, 2.24) is 10.2 Å². The topological polar surface area (TPSA) is 75.5 Å². The van der Waals surface area contributed by atoms with Crippen molar-refractivity contribution < 1.29 is 22.9 Å². The lowest BCUT2D eigenvalue weighted by atomic mass is 10.1.